The van der Waals surface area contributed by atoms with Gasteiger partial charge in [0.2, 0.25) is 0 Å². The predicted molar refractivity (Wildman–Crippen MR) is 72.2 cm³/mol. The highest BCUT2D eigenvalue weighted by molar-refractivity contribution is 5.83. The van der Waals surface area contributed by atoms with Gasteiger partial charge in [-0.15, -0.1) is 0 Å². The maximum Gasteiger partial charge on any atom is 0.124 e. The van der Waals surface area contributed by atoms with Crippen molar-refractivity contribution in [3.05, 3.63) is 59.7 Å². The van der Waals surface area contributed by atoms with Crippen molar-refractivity contribution in [1.82, 2.24) is 0 Å². The van der Waals surface area contributed by atoms with E-state index in [0.717, 1.165) is 5.56 Å². The van der Waals surface area contributed by atoms with Gasteiger partial charge in [-0.2, -0.15) is 0 Å². The van der Waals surface area contributed by atoms with Crippen molar-refractivity contribution in [2.45, 2.75) is 13.0 Å². The summed E-state index contributed by atoms with van der Waals surface area (Å²) in [6.07, 6.45) is 1.62. The molecule has 2 aromatic carbocycles. The summed E-state index contributed by atoms with van der Waals surface area (Å²) in [4.78, 5) is 4.34. The fourth-order valence-electron chi connectivity index (χ4n) is 1.71. The number of nitrogens with zero attached hydrogens (tertiary/aromatic N) is 1. The summed E-state index contributed by atoms with van der Waals surface area (Å²) in [7, 11) is 0. The Hall–Kier alpha value is -2.29. The van der Waals surface area contributed by atoms with E-state index in [1.807, 2.05) is 25.1 Å². The van der Waals surface area contributed by atoms with Crippen molar-refractivity contribution in [3.8, 4) is 11.5 Å². The number of benzene rings is 2. The number of phenolic OH excluding ortho intramolecular Hbond substituents is 2. The minimum Gasteiger partial charge on any atom is -0.508 e. The molecule has 2 N–H and O–H groups in total. The van der Waals surface area contributed by atoms with E-state index in [2.05, 4.69) is 4.99 Å². The third kappa shape index (κ3) is 2.69. The highest BCUT2D eigenvalue weighted by Gasteiger charge is 2.07. The van der Waals surface area contributed by atoms with E-state index in [1.54, 1.807) is 36.5 Å². The summed E-state index contributed by atoms with van der Waals surface area (Å²) in [6, 6.07) is 14.0. The number of aromatic hydroxyl groups is 2. The summed E-state index contributed by atoms with van der Waals surface area (Å²) >= 11 is 0. The molecule has 1 unspecified atom stereocenters. The van der Waals surface area contributed by atoms with Crippen LogP contribution in [0.15, 0.2) is 53.5 Å². The maximum atomic E-state index is 9.71. The third-order valence-corrected chi connectivity index (χ3v) is 2.76. The van der Waals surface area contributed by atoms with Gasteiger partial charge in [0.05, 0.1) is 6.04 Å². The van der Waals surface area contributed by atoms with Crippen LogP contribution in [0.5, 0.6) is 11.5 Å². The zero-order valence-corrected chi connectivity index (χ0v) is 10.1. The highest BCUT2D eigenvalue weighted by atomic mass is 16.3. The highest BCUT2D eigenvalue weighted by Crippen LogP contribution is 2.26. The molecule has 0 heterocycles. The first-order valence-electron chi connectivity index (χ1n) is 5.77. The number of hydrogen-bond donors (Lipinski definition) is 2. The van der Waals surface area contributed by atoms with Gasteiger partial charge in [0, 0.05) is 17.3 Å². The molecule has 2 aromatic rings. The number of hydrogen-bond acceptors (Lipinski definition) is 3. The Kier molecular flexibility index (Phi) is 3.63. The van der Waals surface area contributed by atoms with Crippen molar-refractivity contribution in [2.75, 3.05) is 0 Å². The second kappa shape index (κ2) is 5.36. The fourth-order valence-corrected chi connectivity index (χ4v) is 1.71. The first-order valence-corrected chi connectivity index (χ1v) is 5.77. The maximum absolute atomic E-state index is 9.71. The Morgan fingerprint density at radius 2 is 1.56 bits per heavy atom. The smallest absolute Gasteiger partial charge is 0.124 e. The van der Waals surface area contributed by atoms with Crippen molar-refractivity contribution in [1.29, 1.82) is 0 Å². The Labute approximate surface area is 106 Å². The van der Waals surface area contributed by atoms with Gasteiger partial charge in [0.25, 0.3) is 0 Å². The molecule has 3 nitrogen and oxygen atoms in total. The van der Waals surface area contributed by atoms with Gasteiger partial charge < -0.3 is 10.2 Å². The van der Waals surface area contributed by atoms with Crippen LogP contribution in [0.25, 0.3) is 0 Å². The lowest BCUT2D eigenvalue weighted by Crippen LogP contribution is -1.92. The molecular formula is C15H15NO2. The molecule has 0 saturated carbocycles. The lowest BCUT2D eigenvalue weighted by molar-refractivity contribution is 0.464. The zero-order valence-electron chi connectivity index (χ0n) is 10.1. The second-order valence-electron chi connectivity index (χ2n) is 4.07. The van der Waals surface area contributed by atoms with Crippen LogP contribution in [0.3, 0.4) is 0 Å². The van der Waals surface area contributed by atoms with Crippen LogP contribution in [0, 0.1) is 0 Å². The minimum atomic E-state index is -0.161. The summed E-state index contributed by atoms with van der Waals surface area (Å²) in [5.74, 6) is 0.435. The molecule has 0 aliphatic carbocycles. The average Bonchev–Trinajstić information content (AvgIpc) is 2.38. The minimum absolute atomic E-state index is 0.161. The molecule has 0 fully saturated rings. The van der Waals surface area contributed by atoms with Gasteiger partial charge in [-0.25, -0.2) is 0 Å². The molecule has 0 saturated heterocycles. The molecule has 0 bridgehead atoms. The Balaban J connectivity index is 2.20. The van der Waals surface area contributed by atoms with Crippen LogP contribution in [0.1, 0.15) is 24.1 Å². The molecule has 18 heavy (non-hydrogen) atoms. The molecule has 0 amide bonds. The van der Waals surface area contributed by atoms with E-state index in [4.69, 9.17) is 0 Å². The SMILES string of the molecule is CC(N=Cc1ccccc1O)c1ccccc1O. The van der Waals surface area contributed by atoms with E-state index in [0.29, 0.717) is 5.56 Å². The quantitative estimate of drug-likeness (QED) is 0.810. The second-order valence-corrected chi connectivity index (χ2v) is 4.07. The summed E-state index contributed by atoms with van der Waals surface area (Å²) in [5.41, 5.74) is 1.43. The molecular weight excluding hydrogens is 226 g/mol. The van der Waals surface area contributed by atoms with Crippen molar-refractivity contribution < 1.29 is 10.2 Å². The van der Waals surface area contributed by atoms with Gasteiger partial charge in [-0.3, -0.25) is 4.99 Å². The number of phenols is 2. The normalized spacial score (nSPS) is 12.7. The molecule has 2 rings (SSSR count). The molecule has 3 heteroatoms. The lowest BCUT2D eigenvalue weighted by atomic mass is 10.1. The molecule has 0 aliphatic heterocycles. The topological polar surface area (TPSA) is 52.8 Å². The number of para-hydroxylation sites is 2. The van der Waals surface area contributed by atoms with E-state index in [-0.39, 0.29) is 17.5 Å². The van der Waals surface area contributed by atoms with Crippen LogP contribution < -0.4 is 0 Å². The first-order chi connectivity index (χ1) is 8.68. The summed E-state index contributed by atoms with van der Waals surface area (Å²) in [5, 5.41) is 19.3. The monoisotopic (exact) mass is 241 g/mol. The number of aliphatic imine (C=N–C) groups is 1. The van der Waals surface area contributed by atoms with Crippen LogP contribution in [0.2, 0.25) is 0 Å². The predicted octanol–water partition coefficient (Wildman–Crippen LogP) is 3.28. The fraction of sp³-hybridized carbons (Fsp3) is 0.133. The molecule has 0 aliphatic rings. The zero-order chi connectivity index (χ0) is 13.0. The van der Waals surface area contributed by atoms with E-state index >= 15 is 0 Å². The third-order valence-electron chi connectivity index (χ3n) is 2.76. The van der Waals surface area contributed by atoms with Gasteiger partial charge >= 0.3 is 0 Å². The molecule has 92 valence electrons. The van der Waals surface area contributed by atoms with E-state index < -0.39 is 0 Å². The van der Waals surface area contributed by atoms with Crippen molar-refractivity contribution >= 4 is 6.21 Å². The van der Waals surface area contributed by atoms with Crippen molar-refractivity contribution in [2.24, 2.45) is 4.99 Å². The standard InChI is InChI=1S/C15H15NO2/c1-11(13-7-3-5-9-15(13)18)16-10-12-6-2-4-8-14(12)17/h2-11,17-18H,1H3. The Morgan fingerprint density at radius 1 is 0.944 bits per heavy atom. The Bertz CT molecular complexity index is 564. The Morgan fingerprint density at radius 3 is 2.22 bits per heavy atom. The van der Waals surface area contributed by atoms with Crippen LogP contribution in [-0.4, -0.2) is 16.4 Å². The van der Waals surface area contributed by atoms with Gasteiger partial charge in [-0.05, 0) is 25.1 Å². The van der Waals surface area contributed by atoms with E-state index in [1.165, 1.54) is 0 Å². The molecule has 0 spiro atoms. The lowest BCUT2D eigenvalue weighted by Gasteiger charge is -2.08. The van der Waals surface area contributed by atoms with Crippen LogP contribution in [0.4, 0.5) is 0 Å². The first kappa shape index (κ1) is 12.2. The summed E-state index contributed by atoms with van der Waals surface area (Å²) in [6.45, 7) is 1.89. The largest absolute Gasteiger partial charge is 0.508 e. The van der Waals surface area contributed by atoms with E-state index in [9.17, 15) is 10.2 Å². The number of rotatable bonds is 3. The molecule has 1 atom stereocenters. The van der Waals surface area contributed by atoms with Crippen LogP contribution in [-0.2, 0) is 0 Å². The molecule has 0 radical (unpaired) electrons. The summed E-state index contributed by atoms with van der Waals surface area (Å²) < 4.78 is 0. The van der Waals surface area contributed by atoms with Gasteiger partial charge in [0.15, 0.2) is 0 Å². The molecule has 0 aromatic heterocycles. The van der Waals surface area contributed by atoms with Crippen molar-refractivity contribution in [3.63, 3.8) is 0 Å². The van der Waals surface area contributed by atoms with Gasteiger partial charge in [0.1, 0.15) is 11.5 Å². The van der Waals surface area contributed by atoms with Gasteiger partial charge in [-0.1, -0.05) is 30.3 Å². The van der Waals surface area contributed by atoms with Crippen LogP contribution >= 0.6 is 0 Å². The average molecular weight is 241 g/mol.